The third-order valence-corrected chi connectivity index (χ3v) is 3.69. The number of hydrogen-bond acceptors (Lipinski definition) is 3. The molecule has 1 atom stereocenters. The second-order valence-electron chi connectivity index (χ2n) is 5.58. The van der Waals surface area contributed by atoms with Crippen LogP contribution in [0.4, 0.5) is 5.69 Å². The van der Waals surface area contributed by atoms with Crippen LogP contribution in [0.2, 0.25) is 0 Å². The highest BCUT2D eigenvalue weighted by Crippen LogP contribution is 2.23. The highest BCUT2D eigenvalue weighted by molar-refractivity contribution is 5.95. The lowest BCUT2D eigenvalue weighted by molar-refractivity contribution is -0.118. The standard InChI is InChI=1S/C14H24N4O/c1-9(2)18-11(4)13(10(3)17-18)16-14(19)12-7-5-6-8-15-12/h9,12,15H,5-8H2,1-4H3,(H,16,19)/t12-/m0/s1. The van der Waals surface area contributed by atoms with Gasteiger partial charge in [-0.05, 0) is 47.1 Å². The van der Waals surface area contributed by atoms with E-state index in [1.807, 2.05) is 18.5 Å². The van der Waals surface area contributed by atoms with Crippen molar-refractivity contribution in [3.8, 4) is 0 Å². The Morgan fingerprint density at radius 3 is 2.68 bits per heavy atom. The fourth-order valence-electron chi connectivity index (χ4n) is 2.63. The van der Waals surface area contributed by atoms with E-state index in [-0.39, 0.29) is 11.9 Å². The molecule has 2 rings (SSSR count). The summed E-state index contributed by atoms with van der Waals surface area (Å²) in [5, 5.41) is 10.8. The minimum absolute atomic E-state index is 0.0602. The summed E-state index contributed by atoms with van der Waals surface area (Å²) >= 11 is 0. The number of carbonyl (C=O) groups is 1. The quantitative estimate of drug-likeness (QED) is 0.879. The van der Waals surface area contributed by atoms with Crippen molar-refractivity contribution in [3.05, 3.63) is 11.4 Å². The van der Waals surface area contributed by atoms with Crippen molar-refractivity contribution in [2.75, 3.05) is 11.9 Å². The van der Waals surface area contributed by atoms with Crippen LogP contribution in [0.5, 0.6) is 0 Å². The average Bonchev–Trinajstić information content (AvgIpc) is 2.68. The van der Waals surface area contributed by atoms with Gasteiger partial charge in [-0.2, -0.15) is 5.10 Å². The Labute approximate surface area is 114 Å². The van der Waals surface area contributed by atoms with Crippen molar-refractivity contribution in [1.29, 1.82) is 0 Å². The molecule has 5 nitrogen and oxygen atoms in total. The van der Waals surface area contributed by atoms with E-state index in [1.54, 1.807) is 0 Å². The van der Waals surface area contributed by atoms with E-state index >= 15 is 0 Å². The Morgan fingerprint density at radius 2 is 2.16 bits per heavy atom. The minimum atomic E-state index is -0.0602. The fourth-order valence-corrected chi connectivity index (χ4v) is 2.63. The summed E-state index contributed by atoms with van der Waals surface area (Å²) in [5.41, 5.74) is 2.78. The van der Waals surface area contributed by atoms with Crippen LogP contribution in [0.3, 0.4) is 0 Å². The van der Waals surface area contributed by atoms with E-state index in [0.29, 0.717) is 6.04 Å². The lowest BCUT2D eigenvalue weighted by Crippen LogP contribution is -2.43. The smallest absolute Gasteiger partial charge is 0.241 e. The average molecular weight is 264 g/mol. The minimum Gasteiger partial charge on any atom is -0.322 e. The monoisotopic (exact) mass is 264 g/mol. The SMILES string of the molecule is Cc1nn(C(C)C)c(C)c1NC(=O)[C@@H]1CCCCN1. The van der Waals surface area contributed by atoms with Crippen LogP contribution in [0.15, 0.2) is 0 Å². The van der Waals surface area contributed by atoms with Crippen LogP contribution >= 0.6 is 0 Å². The summed E-state index contributed by atoms with van der Waals surface area (Å²) in [6.45, 7) is 9.06. The van der Waals surface area contributed by atoms with E-state index < -0.39 is 0 Å². The summed E-state index contributed by atoms with van der Waals surface area (Å²) in [6.07, 6.45) is 3.20. The molecule has 2 heterocycles. The molecule has 1 aromatic heterocycles. The molecule has 2 N–H and O–H groups in total. The van der Waals surface area contributed by atoms with Crippen molar-refractivity contribution in [2.45, 2.75) is 59.0 Å². The van der Waals surface area contributed by atoms with Crippen LogP contribution < -0.4 is 10.6 Å². The molecule has 0 aromatic carbocycles. The molecule has 1 fully saturated rings. The topological polar surface area (TPSA) is 59.0 Å². The van der Waals surface area contributed by atoms with Crippen LogP contribution in [-0.2, 0) is 4.79 Å². The van der Waals surface area contributed by atoms with E-state index in [1.165, 1.54) is 0 Å². The third kappa shape index (κ3) is 2.97. The summed E-state index contributed by atoms with van der Waals surface area (Å²) in [7, 11) is 0. The van der Waals surface area contributed by atoms with Crippen molar-refractivity contribution in [2.24, 2.45) is 0 Å². The number of anilines is 1. The Hall–Kier alpha value is -1.36. The van der Waals surface area contributed by atoms with Crippen molar-refractivity contribution < 1.29 is 4.79 Å². The number of aromatic nitrogens is 2. The van der Waals surface area contributed by atoms with Gasteiger partial charge in [0.05, 0.1) is 23.1 Å². The van der Waals surface area contributed by atoms with E-state index in [2.05, 4.69) is 29.6 Å². The molecule has 0 saturated carbocycles. The number of piperidine rings is 1. The molecule has 19 heavy (non-hydrogen) atoms. The van der Waals surface area contributed by atoms with Crippen molar-refractivity contribution in [1.82, 2.24) is 15.1 Å². The summed E-state index contributed by atoms with van der Waals surface area (Å²) in [4.78, 5) is 12.2. The predicted octanol–water partition coefficient (Wildman–Crippen LogP) is 2.16. The summed E-state index contributed by atoms with van der Waals surface area (Å²) in [6, 6.07) is 0.243. The molecular formula is C14H24N4O. The van der Waals surface area contributed by atoms with Gasteiger partial charge in [0, 0.05) is 6.04 Å². The fraction of sp³-hybridized carbons (Fsp3) is 0.714. The Kier molecular flexibility index (Phi) is 4.24. The second kappa shape index (κ2) is 5.74. The maximum atomic E-state index is 12.2. The number of nitrogens with one attached hydrogen (secondary N) is 2. The predicted molar refractivity (Wildman–Crippen MR) is 76.4 cm³/mol. The molecule has 0 unspecified atom stereocenters. The number of rotatable bonds is 3. The molecule has 0 radical (unpaired) electrons. The van der Waals surface area contributed by atoms with Crippen LogP contribution in [0.25, 0.3) is 0 Å². The van der Waals surface area contributed by atoms with Crippen molar-refractivity contribution in [3.63, 3.8) is 0 Å². The first kappa shape index (κ1) is 14.1. The molecule has 5 heteroatoms. The van der Waals surface area contributed by atoms with Crippen LogP contribution in [-0.4, -0.2) is 28.3 Å². The first-order valence-electron chi connectivity index (χ1n) is 7.10. The van der Waals surface area contributed by atoms with Gasteiger partial charge in [-0.3, -0.25) is 9.48 Å². The van der Waals surface area contributed by atoms with Gasteiger partial charge in [-0.25, -0.2) is 0 Å². The number of hydrogen-bond donors (Lipinski definition) is 2. The molecule has 0 bridgehead atoms. The Bertz CT molecular complexity index is 458. The molecule has 1 aliphatic heterocycles. The first-order valence-corrected chi connectivity index (χ1v) is 7.10. The normalized spacial score (nSPS) is 19.7. The van der Waals surface area contributed by atoms with E-state index in [0.717, 1.165) is 42.9 Å². The highest BCUT2D eigenvalue weighted by Gasteiger charge is 2.23. The van der Waals surface area contributed by atoms with Crippen LogP contribution in [0.1, 0.15) is 50.5 Å². The highest BCUT2D eigenvalue weighted by atomic mass is 16.2. The van der Waals surface area contributed by atoms with Gasteiger partial charge in [0.15, 0.2) is 0 Å². The Morgan fingerprint density at radius 1 is 1.42 bits per heavy atom. The summed E-state index contributed by atoms with van der Waals surface area (Å²) in [5.74, 6) is 0.0641. The number of nitrogens with zero attached hydrogens (tertiary/aromatic N) is 2. The molecule has 1 saturated heterocycles. The molecule has 0 aliphatic carbocycles. The number of carbonyl (C=O) groups excluding carboxylic acids is 1. The van der Waals surface area contributed by atoms with Gasteiger partial charge in [-0.15, -0.1) is 0 Å². The number of aryl methyl sites for hydroxylation is 1. The molecular weight excluding hydrogens is 240 g/mol. The largest absolute Gasteiger partial charge is 0.322 e. The van der Waals surface area contributed by atoms with Gasteiger partial charge in [0.1, 0.15) is 0 Å². The lowest BCUT2D eigenvalue weighted by Gasteiger charge is -2.22. The number of amides is 1. The maximum absolute atomic E-state index is 12.2. The van der Waals surface area contributed by atoms with Gasteiger partial charge < -0.3 is 10.6 Å². The molecule has 1 aliphatic rings. The van der Waals surface area contributed by atoms with E-state index in [4.69, 9.17) is 0 Å². The zero-order valence-electron chi connectivity index (χ0n) is 12.3. The van der Waals surface area contributed by atoms with Crippen molar-refractivity contribution >= 4 is 11.6 Å². The third-order valence-electron chi connectivity index (χ3n) is 3.69. The Balaban J connectivity index is 2.12. The van der Waals surface area contributed by atoms with Gasteiger partial charge in [0.25, 0.3) is 0 Å². The van der Waals surface area contributed by atoms with E-state index in [9.17, 15) is 4.79 Å². The zero-order chi connectivity index (χ0) is 14.0. The lowest BCUT2D eigenvalue weighted by atomic mass is 10.0. The molecule has 0 spiro atoms. The molecule has 1 aromatic rings. The van der Waals surface area contributed by atoms with Gasteiger partial charge in [0.2, 0.25) is 5.91 Å². The summed E-state index contributed by atoms with van der Waals surface area (Å²) < 4.78 is 1.96. The van der Waals surface area contributed by atoms with Gasteiger partial charge >= 0.3 is 0 Å². The molecule has 1 amide bonds. The van der Waals surface area contributed by atoms with Gasteiger partial charge in [-0.1, -0.05) is 6.42 Å². The zero-order valence-corrected chi connectivity index (χ0v) is 12.3. The maximum Gasteiger partial charge on any atom is 0.241 e. The second-order valence-corrected chi connectivity index (χ2v) is 5.58. The van der Waals surface area contributed by atoms with Crippen LogP contribution in [0, 0.1) is 13.8 Å². The molecule has 106 valence electrons. The first-order chi connectivity index (χ1) is 9.00.